The standard InChI is InChI=1S/C29H36F3N5O3/c1-20(2)33-24-5-11-37(34-24)26(40)36-13-9-27(10-14-36)8-12-35(19-27)18-21-15-22(17-23(16-21)29(30,31)32)28(25(38)39)6-3-4-7-28/h5,11,15-17H,1,3-4,6-10,12-14,18-19H2,2H3,(H,33,34)(H,38,39). The van der Waals surface area contributed by atoms with Gasteiger partial charge < -0.3 is 15.3 Å². The zero-order chi connectivity index (χ0) is 28.7. The Hall–Kier alpha value is -3.34. The number of likely N-dealkylation sites (tertiary alicyclic amines) is 2. The van der Waals surface area contributed by atoms with Crippen molar-refractivity contribution in [2.24, 2.45) is 5.41 Å². The number of hydrogen-bond acceptors (Lipinski definition) is 5. The molecule has 3 aliphatic rings. The number of benzene rings is 1. The number of anilines is 1. The van der Waals surface area contributed by atoms with Crippen molar-refractivity contribution in [3.8, 4) is 0 Å². The summed E-state index contributed by atoms with van der Waals surface area (Å²) in [5.74, 6) is -0.490. The van der Waals surface area contributed by atoms with Crippen molar-refractivity contribution in [3.63, 3.8) is 0 Å². The first-order valence-electron chi connectivity index (χ1n) is 13.8. The van der Waals surface area contributed by atoms with Crippen LogP contribution in [0, 0.1) is 5.41 Å². The van der Waals surface area contributed by atoms with Gasteiger partial charge in [0, 0.05) is 44.1 Å². The van der Waals surface area contributed by atoms with E-state index in [1.165, 1.54) is 10.7 Å². The molecule has 5 rings (SSSR count). The van der Waals surface area contributed by atoms with E-state index in [4.69, 9.17) is 0 Å². The van der Waals surface area contributed by atoms with E-state index in [-0.39, 0.29) is 17.0 Å². The second kappa shape index (κ2) is 10.6. The molecule has 8 nitrogen and oxygen atoms in total. The fraction of sp³-hybridized carbons (Fsp3) is 0.552. The molecule has 216 valence electrons. The van der Waals surface area contributed by atoms with Gasteiger partial charge in [0.15, 0.2) is 5.82 Å². The number of allylic oxidation sites excluding steroid dienone is 1. The lowest BCUT2D eigenvalue weighted by molar-refractivity contribution is -0.144. The first-order chi connectivity index (χ1) is 18.9. The molecule has 2 aromatic rings. The molecule has 11 heteroatoms. The number of carbonyl (C=O) groups excluding carboxylic acids is 1. The molecule has 0 unspecified atom stereocenters. The Morgan fingerprint density at radius 3 is 2.38 bits per heavy atom. The van der Waals surface area contributed by atoms with Gasteiger partial charge >= 0.3 is 18.2 Å². The lowest BCUT2D eigenvalue weighted by Gasteiger charge is -2.39. The van der Waals surface area contributed by atoms with Crippen LogP contribution in [-0.2, 0) is 22.9 Å². The molecule has 1 aromatic carbocycles. The van der Waals surface area contributed by atoms with Crippen molar-refractivity contribution in [2.75, 3.05) is 31.5 Å². The molecule has 1 saturated carbocycles. The lowest BCUT2D eigenvalue weighted by Crippen LogP contribution is -2.45. The molecule has 3 heterocycles. The number of aliphatic carboxylic acids is 1. The average molecular weight is 560 g/mol. The number of carboxylic acids is 1. The maximum atomic E-state index is 13.8. The van der Waals surface area contributed by atoms with Crippen LogP contribution in [0.5, 0.6) is 0 Å². The van der Waals surface area contributed by atoms with E-state index in [1.807, 2.05) is 6.92 Å². The van der Waals surface area contributed by atoms with E-state index in [0.29, 0.717) is 56.7 Å². The maximum absolute atomic E-state index is 13.8. The predicted octanol–water partition coefficient (Wildman–Crippen LogP) is 5.70. The van der Waals surface area contributed by atoms with Crippen LogP contribution in [0.25, 0.3) is 0 Å². The zero-order valence-electron chi connectivity index (χ0n) is 22.8. The first-order valence-corrected chi connectivity index (χ1v) is 13.8. The van der Waals surface area contributed by atoms with Crippen LogP contribution in [-0.4, -0.2) is 62.9 Å². The Kier molecular flexibility index (Phi) is 7.45. The normalized spacial score (nSPS) is 20.6. The molecular weight excluding hydrogens is 523 g/mol. The summed E-state index contributed by atoms with van der Waals surface area (Å²) in [6.45, 7) is 8.59. The number of nitrogens with one attached hydrogen (secondary N) is 1. The Balaban J connectivity index is 1.25. The number of aromatic nitrogens is 2. The Morgan fingerprint density at radius 1 is 1.07 bits per heavy atom. The summed E-state index contributed by atoms with van der Waals surface area (Å²) in [5.41, 5.74) is -0.537. The minimum atomic E-state index is -4.55. The molecule has 3 fully saturated rings. The van der Waals surface area contributed by atoms with Crippen molar-refractivity contribution in [3.05, 3.63) is 59.4 Å². The topological polar surface area (TPSA) is 90.7 Å². The predicted molar refractivity (Wildman–Crippen MR) is 144 cm³/mol. The summed E-state index contributed by atoms with van der Waals surface area (Å²) in [5, 5.41) is 17.3. The number of carbonyl (C=O) groups is 2. The molecule has 2 N–H and O–H groups in total. The summed E-state index contributed by atoms with van der Waals surface area (Å²) in [6.07, 6.45) is 1.70. The first kappa shape index (κ1) is 28.2. The Bertz CT molecular complexity index is 1290. The molecule has 40 heavy (non-hydrogen) atoms. The van der Waals surface area contributed by atoms with E-state index in [1.54, 1.807) is 23.2 Å². The fourth-order valence-corrected chi connectivity index (χ4v) is 6.69. The van der Waals surface area contributed by atoms with Crippen LogP contribution < -0.4 is 5.32 Å². The van der Waals surface area contributed by atoms with Gasteiger partial charge in [0.1, 0.15) is 0 Å². The molecule has 1 amide bonds. The number of halogens is 3. The number of alkyl halides is 3. The molecule has 2 saturated heterocycles. The highest BCUT2D eigenvalue weighted by Crippen LogP contribution is 2.45. The molecule has 1 spiro atoms. The third-order valence-electron chi connectivity index (χ3n) is 8.88. The quantitative estimate of drug-likeness (QED) is 0.472. The maximum Gasteiger partial charge on any atom is 0.416 e. The molecular formula is C29H36F3N5O3. The third-order valence-corrected chi connectivity index (χ3v) is 8.88. The van der Waals surface area contributed by atoms with E-state index in [2.05, 4.69) is 21.9 Å². The number of nitrogens with zero attached hydrogens (tertiary/aromatic N) is 4. The molecule has 0 radical (unpaired) electrons. The second-order valence-corrected chi connectivity index (χ2v) is 11.8. The molecule has 0 bridgehead atoms. The van der Waals surface area contributed by atoms with Gasteiger partial charge in [-0.25, -0.2) is 4.79 Å². The van der Waals surface area contributed by atoms with E-state index in [0.717, 1.165) is 44.1 Å². The van der Waals surface area contributed by atoms with Crippen LogP contribution in [0.2, 0.25) is 0 Å². The minimum Gasteiger partial charge on any atom is -0.481 e. The Morgan fingerprint density at radius 2 is 1.75 bits per heavy atom. The molecule has 1 aliphatic carbocycles. The van der Waals surface area contributed by atoms with Gasteiger partial charge in [0.25, 0.3) is 0 Å². The SMILES string of the molecule is C=C(C)Nc1ccn(C(=O)N2CCC3(CCN(Cc4cc(C(F)(F)F)cc(C5(C(=O)O)CCCC5)c4)C3)CC2)n1. The van der Waals surface area contributed by atoms with Crippen LogP contribution in [0.15, 0.2) is 42.7 Å². The van der Waals surface area contributed by atoms with E-state index >= 15 is 0 Å². The number of carboxylic acid groups (broad SMARTS) is 1. The minimum absolute atomic E-state index is 0.00573. The van der Waals surface area contributed by atoms with Gasteiger partial charge in [0.05, 0.1) is 11.0 Å². The highest BCUT2D eigenvalue weighted by atomic mass is 19.4. The van der Waals surface area contributed by atoms with Crippen molar-refractivity contribution < 1.29 is 27.9 Å². The highest BCUT2D eigenvalue weighted by molar-refractivity contribution is 5.82. The van der Waals surface area contributed by atoms with Crippen LogP contribution in [0.3, 0.4) is 0 Å². The number of piperidine rings is 1. The smallest absolute Gasteiger partial charge is 0.416 e. The van der Waals surface area contributed by atoms with Gasteiger partial charge in [-0.1, -0.05) is 25.5 Å². The number of amides is 1. The van der Waals surface area contributed by atoms with Gasteiger partial charge in [-0.05, 0) is 74.2 Å². The van der Waals surface area contributed by atoms with Crippen molar-refractivity contribution in [1.82, 2.24) is 19.6 Å². The van der Waals surface area contributed by atoms with Crippen molar-refractivity contribution in [2.45, 2.75) is 70.0 Å². The van der Waals surface area contributed by atoms with Crippen LogP contribution in [0.4, 0.5) is 23.8 Å². The van der Waals surface area contributed by atoms with E-state index < -0.39 is 23.1 Å². The van der Waals surface area contributed by atoms with Gasteiger partial charge in [-0.15, -0.1) is 5.10 Å². The Labute approximate surface area is 231 Å². The number of rotatable bonds is 6. The summed E-state index contributed by atoms with van der Waals surface area (Å²) in [4.78, 5) is 29.1. The van der Waals surface area contributed by atoms with Crippen LogP contribution in [0.1, 0.15) is 68.6 Å². The van der Waals surface area contributed by atoms with Gasteiger partial charge in [0.2, 0.25) is 0 Å². The molecule has 2 aliphatic heterocycles. The van der Waals surface area contributed by atoms with Crippen LogP contribution >= 0.6 is 0 Å². The third kappa shape index (κ3) is 5.61. The molecule has 0 atom stereocenters. The fourth-order valence-electron chi connectivity index (χ4n) is 6.69. The van der Waals surface area contributed by atoms with Gasteiger partial charge in [-0.3, -0.25) is 9.69 Å². The summed E-state index contributed by atoms with van der Waals surface area (Å²) in [6, 6.07) is 5.42. The zero-order valence-corrected chi connectivity index (χ0v) is 22.8. The lowest BCUT2D eigenvalue weighted by atomic mass is 9.77. The highest BCUT2D eigenvalue weighted by Gasteiger charge is 2.45. The average Bonchev–Trinajstić information content (AvgIpc) is 3.64. The summed E-state index contributed by atoms with van der Waals surface area (Å²) < 4.78 is 42.8. The summed E-state index contributed by atoms with van der Waals surface area (Å²) in [7, 11) is 0. The van der Waals surface area contributed by atoms with E-state index in [9.17, 15) is 27.9 Å². The second-order valence-electron chi connectivity index (χ2n) is 11.8. The van der Waals surface area contributed by atoms with Crippen molar-refractivity contribution in [1.29, 1.82) is 0 Å². The number of hydrogen-bond donors (Lipinski definition) is 2. The monoisotopic (exact) mass is 559 g/mol. The molecule has 1 aromatic heterocycles. The summed E-state index contributed by atoms with van der Waals surface area (Å²) >= 11 is 0. The largest absolute Gasteiger partial charge is 0.481 e. The van der Waals surface area contributed by atoms with Crippen molar-refractivity contribution >= 4 is 17.8 Å². The van der Waals surface area contributed by atoms with Gasteiger partial charge in [-0.2, -0.15) is 17.9 Å².